The number of nitrogens with zero attached hydrogens (tertiary/aromatic N) is 2. The summed E-state index contributed by atoms with van der Waals surface area (Å²) in [6, 6.07) is 8.10. The second-order valence-electron chi connectivity index (χ2n) is 6.90. The molecule has 2 aliphatic heterocycles. The Kier molecular flexibility index (Phi) is 8.35. The van der Waals surface area contributed by atoms with Gasteiger partial charge < -0.3 is 29.7 Å². The van der Waals surface area contributed by atoms with E-state index in [0.29, 0.717) is 6.42 Å². The molecule has 2 N–H and O–H groups in total. The van der Waals surface area contributed by atoms with E-state index in [2.05, 4.69) is 10.1 Å². The molecule has 11 heteroatoms. The van der Waals surface area contributed by atoms with Crippen LogP contribution in [0.2, 0.25) is 0 Å². The topological polar surface area (TPSA) is 143 Å². The van der Waals surface area contributed by atoms with Gasteiger partial charge >= 0.3 is 18.0 Å². The molecular formula is C20H25N3O8. The van der Waals surface area contributed by atoms with Crippen LogP contribution in [0.1, 0.15) is 18.0 Å². The number of fused-ring (bicyclic) bond motifs is 1. The molecule has 31 heavy (non-hydrogen) atoms. The molecule has 0 radical (unpaired) electrons. The first kappa shape index (κ1) is 23.6. The molecule has 168 valence electrons. The summed E-state index contributed by atoms with van der Waals surface area (Å²) in [6.07, 6.45) is 0.402. The van der Waals surface area contributed by atoms with Crippen molar-refractivity contribution in [1.82, 2.24) is 15.1 Å². The van der Waals surface area contributed by atoms with Gasteiger partial charge in [0.2, 0.25) is 5.91 Å². The van der Waals surface area contributed by atoms with E-state index in [-0.39, 0.29) is 44.0 Å². The van der Waals surface area contributed by atoms with Crippen molar-refractivity contribution in [3.63, 3.8) is 0 Å². The van der Waals surface area contributed by atoms with Gasteiger partial charge in [0.1, 0.15) is 13.1 Å². The molecule has 11 nitrogen and oxygen atoms in total. The molecule has 0 saturated carbocycles. The largest absolute Gasteiger partial charge is 0.483 e. The molecule has 1 aromatic carbocycles. The van der Waals surface area contributed by atoms with E-state index in [1.54, 1.807) is 4.90 Å². The van der Waals surface area contributed by atoms with Crippen LogP contribution < -0.4 is 5.32 Å². The van der Waals surface area contributed by atoms with Crippen LogP contribution in [0.4, 0.5) is 4.79 Å². The van der Waals surface area contributed by atoms with Crippen LogP contribution in [-0.4, -0.2) is 85.2 Å². The summed E-state index contributed by atoms with van der Waals surface area (Å²) in [4.78, 5) is 60.2. The van der Waals surface area contributed by atoms with Crippen LogP contribution in [-0.2, 0) is 28.7 Å². The number of rotatable bonds is 4. The Hall–Kier alpha value is -3.63. The molecule has 0 bridgehead atoms. The molecule has 0 unspecified atom stereocenters. The molecular weight excluding hydrogens is 410 g/mol. The number of amides is 3. The molecule has 0 aliphatic carbocycles. The van der Waals surface area contributed by atoms with Crippen LogP contribution in [0.5, 0.6) is 0 Å². The summed E-state index contributed by atoms with van der Waals surface area (Å²) in [5.74, 6) is -1.70. The number of esters is 2. The number of benzene rings is 1. The number of hydrogen-bond acceptors (Lipinski definition) is 7. The first-order valence-electron chi connectivity index (χ1n) is 9.49. The summed E-state index contributed by atoms with van der Waals surface area (Å²) in [6.45, 7) is -0.373. The molecule has 2 fully saturated rings. The van der Waals surface area contributed by atoms with Gasteiger partial charge in [-0.15, -0.1) is 0 Å². The number of nitrogens with one attached hydrogen (secondary N) is 1. The second kappa shape index (κ2) is 11.0. The van der Waals surface area contributed by atoms with E-state index in [9.17, 15) is 19.2 Å². The summed E-state index contributed by atoms with van der Waals surface area (Å²) in [5, 5.41) is 9.33. The molecule has 2 aliphatic rings. The third kappa shape index (κ3) is 5.50. The molecule has 3 atom stereocenters. The first-order valence-corrected chi connectivity index (χ1v) is 9.49. The predicted molar refractivity (Wildman–Crippen MR) is 106 cm³/mol. The van der Waals surface area contributed by atoms with Gasteiger partial charge in [0.05, 0.1) is 32.2 Å². The van der Waals surface area contributed by atoms with Crippen molar-refractivity contribution in [3.8, 4) is 0 Å². The summed E-state index contributed by atoms with van der Waals surface area (Å²) >= 11 is 0. The van der Waals surface area contributed by atoms with E-state index >= 15 is 0 Å². The Bertz CT molecular complexity index is 816. The number of carboxylic acid groups (broad SMARTS) is 1. The fourth-order valence-corrected chi connectivity index (χ4v) is 3.95. The highest BCUT2D eigenvalue weighted by atomic mass is 16.5. The van der Waals surface area contributed by atoms with Gasteiger partial charge in [0.25, 0.3) is 6.47 Å². The van der Waals surface area contributed by atoms with Crippen molar-refractivity contribution in [2.75, 3.05) is 33.9 Å². The molecule has 3 amide bonds. The summed E-state index contributed by atoms with van der Waals surface area (Å²) in [5.41, 5.74) is 0.859. The number of methoxy groups -OCH3 is 2. The van der Waals surface area contributed by atoms with Gasteiger partial charge in [-0.1, -0.05) is 30.3 Å². The van der Waals surface area contributed by atoms with Crippen LogP contribution in [0.3, 0.4) is 0 Å². The number of carbonyl (C=O) groups excluding carboxylic acids is 4. The van der Waals surface area contributed by atoms with E-state index < -0.39 is 24.0 Å². The van der Waals surface area contributed by atoms with Crippen LogP contribution >= 0.6 is 0 Å². The first-order chi connectivity index (χ1) is 14.9. The number of urea groups is 1. The third-order valence-electron chi connectivity index (χ3n) is 5.19. The lowest BCUT2D eigenvalue weighted by atomic mass is 9.93. The zero-order chi connectivity index (χ0) is 23.0. The minimum Gasteiger partial charge on any atom is -0.483 e. The second-order valence-corrected chi connectivity index (χ2v) is 6.90. The van der Waals surface area contributed by atoms with Gasteiger partial charge in [0, 0.05) is 6.54 Å². The molecule has 2 heterocycles. The maximum atomic E-state index is 12.9. The standard InChI is InChI=1S/C19H23N3O6.CH2O2/c1-27-16(24)9-20-19(26)21-10-13-8-14(18(25)28-2)17(22(13)15(23)11-21)12-6-4-3-5-7-12;2-1-3/h3-7,13-14,17H,8-11H2,1-2H3,(H,20,26);1H,(H,2,3)/t13-,14-,17-;/m0./s1. The van der Waals surface area contributed by atoms with Crippen molar-refractivity contribution >= 4 is 30.3 Å². The lowest BCUT2D eigenvalue weighted by molar-refractivity contribution is -0.147. The number of hydrogen-bond donors (Lipinski definition) is 2. The smallest absolute Gasteiger partial charge is 0.325 e. The Balaban J connectivity index is 0.00000107. The van der Waals surface area contributed by atoms with E-state index in [4.69, 9.17) is 14.6 Å². The highest BCUT2D eigenvalue weighted by molar-refractivity contribution is 5.88. The minimum atomic E-state index is -0.575. The fraction of sp³-hybridized carbons (Fsp3) is 0.450. The molecule has 2 saturated heterocycles. The fourth-order valence-electron chi connectivity index (χ4n) is 3.95. The minimum absolute atomic E-state index is 0.124. The van der Waals surface area contributed by atoms with E-state index in [1.807, 2.05) is 30.3 Å². The highest BCUT2D eigenvalue weighted by Crippen LogP contribution is 2.43. The Morgan fingerprint density at radius 3 is 2.42 bits per heavy atom. The van der Waals surface area contributed by atoms with Gasteiger partial charge in [-0.2, -0.15) is 0 Å². The number of ether oxygens (including phenoxy) is 2. The lowest BCUT2D eigenvalue weighted by Gasteiger charge is -2.39. The van der Waals surface area contributed by atoms with E-state index in [0.717, 1.165) is 5.56 Å². The zero-order valence-corrected chi connectivity index (χ0v) is 17.2. The van der Waals surface area contributed by atoms with Crippen LogP contribution in [0.15, 0.2) is 30.3 Å². The van der Waals surface area contributed by atoms with Crippen molar-refractivity contribution in [2.24, 2.45) is 5.92 Å². The van der Waals surface area contributed by atoms with Crippen molar-refractivity contribution in [3.05, 3.63) is 35.9 Å². The molecule has 1 aromatic rings. The van der Waals surface area contributed by atoms with Crippen LogP contribution in [0.25, 0.3) is 0 Å². The average Bonchev–Trinajstić information content (AvgIpc) is 3.18. The van der Waals surface area contributed by atoms with Crippen molar-refractivity contribution in [2.45, 2.75) is 18.5 Å². The maximum absolute atomic E-state index is 12.9. The highest BCUT2D eigenvalue weighted by Gasteiger charge is 2.51. The number of piperazine rings is 1. The third-order valence-corrected chi connectivity index (χ3v) is 5.19. The lowest BCUT2D eigenvalue weighted by Crippen LogP contribution is -2.58. The van der Waals surface area contributed by atoms with Crippen molar-refractivity contribution in [1.29, 1.82) is 0 Å². The normalized spacial score (nSPS) is 21.9. The Morgan fingerprint density at radius 2 is 1.84 bits per heavy atom. The number of carbonyl (C=O) groups is 5. The Morgan fingerprint density at radius 1 is 1.19 bits per heavy atom. The van der Waals surface area contributed by atoms with Crippen LogP contribution in [0, 0.1) is 5.92 Å². The van der Waals surface area contributed by atoms with Crippen molar-refractivity contribution < 1.29 is 38.6 Å². The maximum Gasteiger partial charge on any atom is 0.325 e. The quantitative estimate of drug-likeness (QED) is 0.498. The van der Waals surface area contributed by atoms with Gasteiger partial charge in [-0.3, -0.25) is 19.2 Å². The Labute approximate surface area is 178 Å². The summed E-state index contributed by atoms with van der Waals surface area (Å²) in [7, 11) is 2.56. The monoisotopic (exact) mass is 435 g/mol. The molecule has 0 aromatic heterocycles. The molecule has 0 spiro atoms. The predicted octanol–water partition coefficient (Wildman–Crippen LogP) is 0.0168. The van der Waals surface area contributed by atoms with Gasteiger partial charge in [-0.05, 0) is 12.0 Å². The van der Waals surface area contributed by atoms with Gasteiger partial charge in [-0.25, -0.2) is 4.79 Å². The van der Waals surface area contributed by atoms with Gasteiger partial charge in [0.15, 0.2) is 0 Å². The summed E-state index contributed by atoms with van der Waals surface area (Å²) < 4.78 is 9.45. The molecule has 3 rings (SSSR count). The average molecular weight is 435 g/mol. The van der Waals surface area contributed by atoms with E-state index in [1.165, 1.54) is 19.1 Å². The zero-order valence-electron chi connectivity index (χ0n) is 17.2. The SMILES string of the molecule is COC(=O)CNC(=O)N1CC(=O)N2[C@@H](C[C@H](C(=O)OC)[C@@H]2c2ccccc2)C1.O=CO.